The highest BCUT2D eigenvalue weighted by molar-refractivity contribution is 5.76. The Bertz CT molecular complexity index is 571. The van der Waals surface area contributed by atoms with E-state index in [9.17, 15) is 10.1 Å². The molecule has 18 heavy (non-hydrogen) atoms. The van der Waals surface area contributed by atoms with Gasteiger partial charge >= 0.3 is 0 Å². The number of hydrogen-bond donors (Lipinski definition) is 0. The first-order valence-corrected chi connectivity index (χ1v) is 5.65. The minimum Gasteiger partial charge on any atom is -0.258 e. The summed E-state index contributed by atoms with van der Waals surface area (Å²) in [4.78, 5) is 10.8. The zero-order chi connectivity index (χ0) is 13.0. The second-order valence-electron chi connectivity index (χ2n) is 4.06. The molecule has 0 saturated heterocycles. The van der Waals surface area contributed by atoms with Crippen LogP contribution in [0.25, 0.3) is 11.8 Å². The third-order valence-corrected chi connectivity index (χ3v) is 2.65. The molecule has 0 N–H and O–H groups in total. The molecular weight excluding hydrogens is 226 g/mol. The van der Waals surface area contributed by atoms with Crippen molar-refractivity contribution < 1.29 is 4.92 Å². The number of rotatable bonds is 3. The highest BCUT2D eigenvalue weighted by atomic mass is 16.6. The lowest BCUT2D eigenvalue weighted by Gasteiger charge is -1.99. The lowest BCUT2D eigenvalue weighted by Crippen LogP contribution is -1.97. The first-order chi connectivity index (χ1) is 8.66. The summed E-state index contributed by atoms with van der Waals surface area (Å²) < 4.78 is 0. The summed E-state index contributed by atoms with van der Waals surface area (Å²) in [6.07, 6.45) is 1.59. The van der Waals surface area contributed by atoms with Gasteiger partial charge in [0.2, 0.25) is 0 Å². The predicted molar refractivity (Wildman–Crippen MR) is 72.5 cm³/mol. The van der Waals surface area contributed by atoms with Gasteiger partial charge in [0, 0.05) is 6.08 Å². The van der Waals surface area contributed by atoms with Crippen LogP contribution in [0.1, 0.15) is 16.7 Å². The van der Waals surface area contributed by atoms with E-state index < -0.39 is 0 Å². The van der Waals surface area contributed by atoms with E-state index in [1.54, 1.807) is 30.3 Å². The normalized spacial score (nSPS) is 11.3. The first-order valence-electron chi connectivity index (χ1n) is 5.65. The van der Waals surface area contributed by atoms with Gasteiger partial charge in [0.05, 0.1) is 10.5 Å². The Balaban J connectivity index is 2.43. The van der Waals surface area contributed by atoms with E-state index >= 15 is 0 Å². The number of nitrogens with zero attached hydrogens (tertiary/aromatic N) is 1. The molecule has 0 aromatic heterocycles. The molecule has 0 amide bonds. The van der Waals surface area contributed by atoms with Crippen LogP contribution in [-0.4, -0.2) is 4.92 Å². The second-order valence-corrected chi connectivity index (χ2v) is 4.06. The Morgan fingerprint density at radius 2 is 1.67 bits per heavy atom. The van der Waals surface area contributed by atoms with Crippen LogP contribution in [0.5, 0.6) is 0 Å². The van der Waals surface area contributed by atoms with Gasteiger partial charge in [-0.15, -0.1) is 0 Å². The smallest absolute Gasteiger partial charge is 0.258 e. The molecule has 2 rings (SSSR count). The minimum absolute atomic E-state index is 0.111. The van der Waals surface area contributed by atoms with Crippen LogP contribution >= 0.6 is 0 Å². The van der Waals surface area contributed by atoms with Gasteiger partial charge in [0.1, 0.15) is 0 Å². The van der Waals surface area contributed by atoms with Crippen molar-refractivity contribution in [1.29, 1.82) is 0 Å². The highest BCUT2D eigenvalue weighted by Crippen LogP contribution is 2.18. The van der Waals surface area contributed by atoms with Crippen LogP contribution in [0, 0.1) is 17.0 Å². The summed E-state index contributed by atoms with van der Waals surface area (Å²) in [5.74, 6) is 0. The number of hydrogen-bond acceptors (Lipinski definition) is 2. The zero-order valence-corrected chi connectivity index (χ0v) is 10.0. The van der Waals surface area contributed by atoms with Gasteiger partial charge in [-0.2, -0.15) is 0 Å². The quantitative estimate of drug-likeness (QED) is 0.465. The van der Waals surface area contributed by atoms with Gasteiger partial charge in [-0.05, 0) is 24.6 Å². The van der Waals surface area contributed by atoms with Crippen molar-refractivity contribution in [2.45, 2.75) is 6.92 Å². The van der Waals surface area contributed by atoms with Gasteiger partial charge in [0.15, 0.2) is 0 Å². The van der Waals surface area contributed by atoms with Crippen LogP contribution < -0.4 is 0 Å². The van der Waals surface area contributed by atoms with E-state index in [0.717, 1.165) is 11.1 Å². The summed E-state index contributed by atoms with van der Waals surface area (Å²) in [7, 11) is 0. The molecule has 0 saturated carbocycles. The van der Waals surface area contributed by atoms with E-state index in [-0.39, 0.29) is 10.6 Å². The van der Waals surface area contributed by atoms with Crippen molar-refractivity contribution in [2.24, 2.45) is 0 Å². The summed E-state index contributed by atoms with van der Waals surface area (Å²) in [6.45, 7) is 1.99. The highest BCUT2D eigenvalue weighted by Gasteiger charge is 2.13. The maximum atomic E-state index is 11.1. The van der Waals surface area contributed by atoms with Crippen LogP contribution in [0.15, 0.2) is 54.6 Å². The Hall–Kier alpha value is -2.42. The predicted octanol–water partition coefficient (Wildman–Crippen LogP) is 3.77. The Morgan fingerprint density at radius 1 is 1.06 bits per heavy atom. The van der Waals surface area contributed by atoms with E-state index in [1.165, 1.54) is 0 Å². The largest absolute Gasteiger partial charge is 0.277 e. The van der Waals surface area contributed by atoms with Crippen molar-refractivity contribution in [2.75, 3.05) is 0 Å². The maximum Gasteiger partial charge on any atom is 0.277 e. The molecule has 0 bridgehead atoms. The van der Waals surface area contributed by atoms with Gasteiger partial charge in [-0.25, -0.2) is 0 Å². The van der Waals surface area contributed by atoms with Crippen molar-refractivity contribution in [1.82, 2.24) is 0 Å². The molecule has 0 unspecified atom stereocenters. The van der Waals surface area contributed by atoms with Crippen molar-refractivity contribution >= 4 is 11.8 Å². The van der Waals surface area contributed by atoms with E-state index in [2.05, 4.69) is 0 Å². The Labute approximate surface area is 106 Å². The van der Waals surface area contributed by atoms with Crippen molar-refractivity contribution in [3.63, 3.8) is 0 Å². The minimum atomic E-state index is -0.352. The molecule has 0 aliphatic rings. The van der Waals surface area contributed by atoms with Crippen LogP contribution in [0.4, 0.5) is 0 Å². The van der Waals surface area contributed by atoms with E-state index in [0.29, 0.717) is 5.56 Å². The molecular formula is C15H13NO2. The number of aryl methyl sites for hydroxylation is 1. The molecule has 0 fully saturated rings. The number of nitro groups is 1. The molecule has 0 heterocycles. The fourth-order valence-electron chi connectivity index (χ4n) is 1.67. The molecule has 0 atom stereocenters. The summed E-state index contributed by atoms with van der Waals surface area (Å²) >= 11 is 0. The van der Waals surface area contributed by atoms with Crippen LogP contribution in [-0.2, 0) is 0 Å². The molecule has 0 spiro atoms. The maximum absolute atomic E-state index is 11.1. The topological polar surface area (TPSA) is 43.1 Å². The summed E-state index contributed by atoms with van der Waals surface area (Å²) in [6, 6.07) is 16.5. The summed E-state index contributed by atoms with van der Waals surface area (Å²) in [5, 5.41) is 11.1. The first kappa shape index (κ1) is 12.0. The average Bonchev–Trinajstić information content (AvgIpc) is 2.38. The molecule has 2 aromatic carbocycles. The molecule has 0 aliphatic carbocycles. The SMILES string of the molecule is Cc1ccc(C=C(c2ccccc2)[N+](=O)[O-])cc1. The second kappa shape index (κ2) is 5.27. The van der Waals surface area contributed by atoms with Gasteiger partial charge in [0.25, 0.3) is 5.70 Å². The third kappa shape index (κ3) is 2.83. The van der Waals surface area contributed by atoms with E-state index in [4.69, 9.17) is 0 Å². The molecule has 0 aliphatic heterocycles. The monoisotopic (exact) mass is 239 g/mol. The van der Waals surface area contributed by atoms with Crippen molar-refractivity contribution in [3.8, 4) is 0 Å². The Morgan fingerprint density at radius 3 is 2.22 bits per heavy atom. The van der Waals surface area contributed by atoms with Gasteiger partial charge in [-0.1, -0.05) is 48.0 Å². The lowest BCUT2D eigenvalue weighted by molar-refractivity contribution is -0.374. The lowest BCUT2D eigenvalue weighted by atomic mass is 10.1. The van der Waals surface area contributed by atoms with Crippen LogP contribution in [0.3, 0.4) is 0 Å². The van der Waals surface area contributed by atoms with Crippen molar-refractivity contribution in [3.05, 3.63) is 81.4 Å². The summed E-state index contributed by atoms with van der Waals surface area (Å²) in [5.41, 5.74) is 2.69. The third-order valence-electron chi connectivity index (χ3n) is 2.65. The van der Waals surface area contributed by atoms with Gasteiger partial charge in [-0.3, -0.25) is 10.1 Å². The average molecular weight is 239 g/mol. The molecule has 3 heteroatoms. The number of benzene rings is 2. The van der Waals surface area contributed by atoms with Gasteiger partial charge < -0.3 is 0 Å². The zero-order valence-electron chi connectivity index (χ0n) is 10.0. The fraction of sp³-hybridized carbons (Fsp3) is 0.0667. The molecule has 0 radical (unpaired) electrons. The molecule has 90 valence electrons. The molecule has 2 aromatic rings. The van der Waals surface area contributed by atoms with Crippen LogP contribution in [0.2, 0.25) is 0 Å². The Kier molecular flexibility index (Phi) is 3.53. The molecule has 3 nitrogen and oxygen atoms in total. The fourth-order valence-corrected chi connectivity index (χ4v) is 1.67. The standard InChI is InChI=1S/C15H13NO2/c1-12-7-9-13(10-8-12)11-15(16(17)18)14-5-3-2-4-6-14/h2-11H,1H3. The van der Waals surface area contributed by atoms with E-state index in [1.807, 2.05) is 37.3 Å².